The van der Waals surface area contributed by atoms with Crippen LogP contribution < -0.4 is 15.8 Å². The van der Waals surface area contributed by atoms with E-state index in [2.05, 4.69) is 5.32 Å². The van der Waals surface area contributed by atoms with Gasteiger partial charge in [0.1, 0.15) is 11.6 Å². The van der Waals surface area contributed by atoms with Crippen molar-refractivity contribution in [1.29, 1.82) is 0 Å². The molecule has 0 spiro atoms. The molecule has 0 bridgehead atoms. The molecule has 0 atom stereocenters. The quantitative estimate of drug-likeness (QED) is 0.831. The van der Waals surface area contributed by atoms with E-state index in [4.69, 9.17) is 22.1 Å². The molecule has 0 aliphatic carbocycles. The van der Waals surface area contributed by atoms with Gasteiger partial charge in [0.05, 0.1) is 18.5 Å². The third-order valence-corrected chi connectivity index (χ3v) is 2.66. The van der Waals surface area contributed by atoms with Gasteiger partial charge in [-0.25, -0.2) is 4.39 Å². The smallest absolute Gasteiger partial charge is 0.148 e. The first-order chi connectivity index (χ1) is 8.60. The number of anilines is 3. The summed E-state index contributed by atoms with van der Waals surface area (Å²) in [4.78, 5) is 0. The van der Waals surface area contributed by atoms with E-state index in [0.717, 1.165) is 0 Å². The minimum Gasteiger partial charge on any atom is -0.495 e. The Morgan fingerprint density at radius 1 is 1.28 bits per heavy atom. The fourth-order valence-corrected chi connectivity index (χ4v) is 1.75. The lowest BCUT2D eigenvalue weighted by Gasteiger charge is -2.11. The van der Waals surface area contributed by atoms with Crippen molar-refractivity contribution in [3.05, 3.63) is 47.2 Å². The van der Waals surface area contributed by atoms with E-state index >= 15 is 0 Å². The van der Waals surface area contributed by atoms with E-state index in [1.807, 2.05) is 0 Å². The summed E-state index contributed by atoms with van der Waals surface area (Å²) in [6, 6.07) is 9.72. The van der Waals surface area contributed by atoms with Gasteiger partial charge in [0.25, 0.3) is 0 Å². The summed E-state index contributed by atoms with van der Waals surface area (Å²) in [5, 5.41) is 3.49. The average Bonchev–Trinajstić information content (AvgIpc) is 2.33. The first kappa shape index (κ1) is 12.5. The number of ether oxygens (including phenoxy) is 1. The Hall–Kier alpha value is -1.94. The van der Waals surface area contributed by atoms with Gasteiger partial charge in [-0.2, -0.15) is 0 Å². The molecule has 2 aromatic rings. The molecule has 2 rings (SSSR count). The molecule has 0 saturated heterocycles. The van der Waals surface area contributed by atoms with Crippen LogP contribution in [-0.2, 0) is 0 Å². The van der Waals surface area contributed by atoms with E-state index in [1.165, 1.54) is 19.2 Å². The second-order valence-corrected chi connectivity index (χ2v) is 4.15. The van der Waals surface area contributed by atoms with E-state index < -0.39 is 5.82 Å². The lowest BCUT2D eigenvalue weighted by atomic mass is 10.2. The Morgan fingerprint density at radius 2 is 2.06 bits per heavy atom. The fourth-order valence-electron chi connectivity index (χ4n) is 1.56. The molecule has 5 heteroatoms. The maximum absolute atomic E-state index is 13.7. The Balaban J connectivity index is 2.34. The Labute approximate surface area is 109 Å². The maximum Gasteiger partial charge on any atom is 0.148 e. The van der Waals surface area contributed by atoms with Crippen molar-refractivity contribution in [2.24, 2.45) is 0 Å². The van der Waals surface area contributed by atoms with Crippen LogP contribution >= 0.6 is 11.6 Å². The SMILES string of the molecule is COc1cc(Nc2cccc(Cl)c2)c(F)cc1N. The molecule has 0 fully saturated rings. The number of rotatable bonds is 3. The Kier molecular flexibility index (Phi) is 3.58. The second kappa shape index (κ2) is 5.14. The van der Waals surface area contributed by atoms with Crippen molar-refractivity contribution in [2.75, 3.05) is 18.2 Å². The van der Waals surface area contributed by atoms with Crippen LogP contribution in [0.4, 0.5) is 21.5 Å². The Morgan fingerprint density at radius 3 is 2.72 bits per heavy atom. The van der Waals surface area contributed by atoms with Gasteiger partial charge in [0, 0.05) is 22.8 Å². The first-order valence-corrected chi connectivity index (χ1v) is 5.63. The van der Waals surface area contributed by atoms with Crippen molar-refractivity contribution in [3.63, 3.8) is 0 Å². The largest absolute Gasteiger partial charge is 0.495 e. The number of methoxy groups -OCH3 is 1. The maximum atomic E-state index is 13.7. The van der Waals surface area contributed by atoms with Crippen molar-refractivity contribution in [3.8, 4) is 5.75 Å². The van der Waals surface area contributed by atoms with Crippen LogP contribution in [0, 0.1) is 5.82 Å². The van der Waals surface area contributed by atoms with Crippen molar-refractivity contribution in [2.45, 2.75) is 0 Å². The summed E-state index contributed by atoms with van der Waals surface area (Å²) in [7, 11) is 1.48. The van der Waals surface area contributed by atoms with E-state index in [9.17, 15) is 4.39 Å². The van der Waals surface area contributed by atoms with Crippen LogP contribution in [0.5, 0.6) is 5.75 Å². The molecule has 0 radical (unpaired) electrons. The van der Waals surface area contributed by atoms with Gasteiger partial charge >= 0.3 is 0 Å². The number of nitrogen functional groups attached to an aromatic ring is 1. The molecule has 18 heavy (non-hydrogen) atoms. The molecular weight excluding hydrogens is 255 g/mol. The Bertz CT molecular complexity index is 575. The van der Waals surface area contributed by atoms with Crippen molar-refractivity contribution >= 4 is 28.7 Å². The minimum atomic E-state index is -0.451. The van der Waals surface area contributed by atoms with Gasteiger partial charge in [0.15, 0.2) is 0 Å². The van der Waals surface area contributed by atoms with Crippen molar-refractivity contribution in [1.82, 2.24) is 0 Å². The molecule has 0 unspecified atom stereocenters. The molecule has 0 aromatic heterocycles. The van der Waals surface area contributed by atoms with Crippen LogP contribution in [0.25, 0.3) is 0 Å². The molecule has 0 saturated carbocycles. The van der Waals surface area contributed by atoms with Gasteiger partial charge in [0.2, 0.25) is 0 Å². The first-order valence-electron chi connectivity index (χ1n) is 5.26. The third kappa shape index (κ3) is 2.65. The highest BCUT2D eigenvalue weighted by atomic mass is 35.5. The van der Waals surface area contributed by atoms with Gasteiger partial charge < -0.3 is 15.8 Å². The lowest BCUT2D eigenvalue weighted by molar-refractivity contribution is 0.416. The molecule has 0 aliphatic heterocycles. The van der Waals surface area contributed by atoms with E-state index in [1.54, 1.807) is 24.3 Å². The van der Waals surface area contributed by atoms with Crippen molar-refractivity contribution < 1.29 is 9.13 Å². The number of nitrogens with one attached hydrogen (secondary N) is 1. The van der Waals surface area contributed by atoms with Crippen LogP contribution in [0.15, 0.2) is 36.4 Å². The predicted octanol–water partition coefficient (Wildman–Crippen LogP) is 3.81. The number of nitrogens with two attached hydrogens (primary N) is 1. The molecule has 0 amide bonds. The molecule has 2 aromatic carbocycles. The standard InChI is InChI=1S/C13H12ClFN2O/c1-18-13-7-12(10(15)6-11(13)16)17-9-4-2-3-8(14)5-9/h2-7,17H,16H2,1H3. The zero-order chi connectivity index (χ0) is 13.1. The average molecular weight is 267 g/mol. The number of benzene rings is 2. The summed E-state index contributed by atoms with van der Waals surface area (Å²) < 4.78 is 18.8. The summed E-state index contributed by atoms with van der Waals surface area (Å²) in [5.74, 6) is -0.0331. The number of hydrogen-bond acceptors (Lipinski definition) is 3. The molecule has 0 heterocycles. The number of halogens is 2. The van der Waals surface area contributed by atoms with E-state index in [0.29, 0.717) is 16.5 Å². The van der Waals surface area contributed by atoms with Crippen LogP contribution in [-0.4, -0.2) is 7.11 Å². The molecule has 0 aliphatic rings. The fraction of sp³-hybridized carbons (Fsp3) is 0.0769. The van der Waals surface area contributed by atoms with Crippen LogP contribution in [0.2, 0.25) is 5.02 Å². The topological polar surface area (TPSA) is 47.3 Å². The summed E-state index contributed by atoms with van der Waals surface area (Å²) in [5.41, 5.74) is 6.83. The zero-order valence-corrected chi connectivity index (χ0v) is 10.5. The van der Waals surface area contributed by atoms with Gasteiger partial charge in [-0.15, -0.1) is 0 Å². The van der Waals surface area contributed by atoms with Gasteiger partial charge in [-0.1, -0.05) is 17.7 Å². The normalized spacial score (nSPS) is 10.2. The third-order valence-electron chi connectivity index (χ3n) is 2.42. The zero-order valence-electron chi connectivity index (χ0n) is 9.71. The number of hydrogen-bond donors (Lipinski definition) is 2. The van der Waals surface area contributed by atoms with Crippen LogP contribution in [0.3, 0.4) is 0 Å². The summed E-state index contributed by atoms with van der Waals surface area (Å²) >= 11 is 5.86. The van der Waals surface area contributed by atoms with Gasteiger partial charge in [-0.05, 0) is 18.2 Å². The lowest BCUT2D eigenvalue weighted by Crippen LogP contribution is -1.98. The highest BCUT2D eigenvalue weighted by Gasteiger charge is 2.08. The highest BCUT2D eigenvalue weighted by Crippen LogP contribution is 2.30. The molecular formula is C13H12ClFN2O. The monoisotopic (exact) mass is 266 g/mol. The predicted molar refractivity (Wildman–Crippen MR) is 72.1 cm³/mol. The molecule has 3 N–H and O–H groups in total. The minimum absolute atomic E-state index is 0.256. The van der Waals surface area contributed by atoms with Gasteiger partial charge in [-0.3, -0.25) is 0 Å². The summed E-state index contributed by atoms with van der Waals surface area (Å²) in [6.45, 7) is 0. The van der Waals surface area contributed by atoms with Crippen LogP contribution in [0.1, 0.15) is 0 Å². The van der Waals surface area contributed by atoms with E-state index in [-0.39, 0.29) is 11.4 Å². The molecule has 94 valence electrons. The second-order valence-electron chi connectivity index (χ2n) is 3.71. The highest BCUT2D eigenvalue weighted by molar-refractivity contribution is 6.30. The molecule has 3 nitrogen and oxygen atoms in total. The summed E-state index contributed by atoms with van der Waals surface area (Å²) in [6.07, 6.45) is 0.